The predicted molar refractivity (Wildman–Crippen MR) is 68.2 cm³/mol. The molecule has 1 unspecified atom stereocenters. The van der Waals surface area contributed by atoms with E-state index in [4.69, 9.17) is 5.11 Å². The molecular weight excluding hydrogens is 254 g/mol. The molecular formula is C11H15N3O3S. The number of carboxylic acids is 1. The van der Waals surface area contributed by atoms with Crippen LogP contribution in [0.1, 0.15) is 28.7 Å². The van der Waals surface area contributed by atoms with E-state index in [9.17, 15) is 9.59 Å². The highest BCUT2D eigenvalue weighted by atomic mass is 32.1. The van der Waals surface area contributed by atoms with Crippen LogP contribution < -0.4 is 10.2 Å². The first-order chi connectivity index (χ1) is 8.54. The summed E-state index contributed by atoms with van der Waals surface area (Å²) in [4.78, 5) is 29.2. The minimum Gasteiger partial charge on any atom is -0.477 e. The number of rotatable bonds is 3. The second-order valence-corrected chi connectivity index (χ2v) is 5.10. The number of aromatic carboxylic acids is 1. The van der Waals surface area contributed by atoms with Gasteiger partial charge in [-0.2, -0.15) is 0 Å². The Bertz CT molecular complexity index is 486. The van der Waals surface area contributed by atoms with Crippen LogP contribution in [-0.4, -0.2) is 41.1 Å². The van der Waals surface area contributed by atoms with Crippen LogP contribution in [-0.2, 0) is 4.79 Å². The molecule has 6 nitrogen and oxygen atoms in total. The summed E-state index contributed by atoms with van der Waals surface area (Å²) < 4.78 is 0. The molecule has 0 aliphatic carbocycles. The van der Waals surface area contributed by atoms with Gasteiger partial charge in [0.2, 0.25) is 5.91 Å². The van der Waals surface area contributed by atoms with Gasteiger partial charge in [0.15, 0.2) is 5.13 Å². The first kappa shape index (κ1) is 12.8. The number of hydrogen-bond donors (Lipinski definition) is 2. The predicted octanol–water partition coefficient (Wildman–Crippen LogP) is 0.865. The van der Waals surface area contributed by atoms with Crippen molar-refractivity contribution < 1.29 is 14.7 Å². The van der Waals surface area contributed by atoms with Crippen LogP contribution >= 0.6 is 11.3 Å². The number of nitrogens with zero attached hydrogens (tertiary/aromatic N) is 2. The van der Waals surface area contributed by atoms with E-state index in [0.29, 0.717) is 30.3 Å². The molecule has 1 aromatic heterocycles. The Kier molecular flexibility index (Phi) is 3.51. The topological polar surface area (TPSA) is 82.5 Å². The fraction of sp³-hybridized carbons (Fsp3) is 0.545. The average Bonchev–Trinajstić information content (AvgIpc) is 2.71. The van der Waals surface area contributed by atoms with Gasteiger partial charge in [-0.1, -0.05) is 18.3 Å². The Morgan fingerprint density at radius 3 is 2.94 bits per heavy atom. The summed E-state index contributed by atoms with van der Waals surface area (Å²) in [5, 5.41) is 12.4. The van der Waals surface area contributed by atoms with E-state index in [0.717, 1.165) is 11.3 Å². The largest absolute Gasteiger partial charge is 0.477 e. The van der Waals surface area contributed by atoms with Gasteiger partial charge >= 0.3 is 5.97 Å². The lowest BCUT2D eigenvalue weighted by atomic mass is 10.1. The van der Waals surface area contributed by atoms with Gasteiger partial charge in [0.05, 0.1) is 5.69 Å². The number of piperazine rings is 1. The lowest BCUT2D eigenvalue weighted by molar-refractivity contribution is -0.123. The molecule has 0 spiro atoms. The number of amides is 1. The number of thiazole rings is 1. The van der Waals surface area contributed by atoms with E-state index in [2.05, 4.69) is 10.3 Å². The van der Waals surface area contributed by atoms with Gasteiger partial charge in [-0.3, -0.25) is 4.79 Å². The van der Waals surface area contributed by atoms with Crippen LogP contribution in [0.4, 0.5) is 5.13 Å². The first-order valence-corrected chi connectivity index (χ1v) is 6.61. The van der Waals surface area contributed by atoms with Gasteiger partial charge in [0, 0.05) is 13.1 Å². The monoisotopic (exact) mass is 269 g/mol. The number of carboxylic acid groups (broad SMARTS) is 1. The van der Waals surface area contributed by atoms with Gasteiger partial charge in [-0.15, -0.1) is 0 Å². The molecule has 0 bridgehead atoms. The fourth-order valence-electron chi connectivity index (χ4n) is 2.05. The summed E-state index contributed by atoms with van der Waals surface area (Å²) in [6, 6.07) is -0.258. The van der Waals surface area contributed by atoms with Gasteiger partial charge in [0.1, 0.15) is 10.9 Å². The molecule has 0 aromatic carbocycles. The molecule has 0 saturated carbocycles. The number of carbonyl (C=O) groups excluding carboxylic acids is 1. The SMILES string of the molecule is CCC1C(=O)NCCN1c1nc(C)c(C(=O)O)s1. The molecule has 2 rings (SSSR count). The Morgan fingerprint density at radius 1 is 1.67 bits per heavy atom. The molecule has 1 saturated heterocycles. The average molecular weight is 269 g/mol. The van der Waals surface area contributed by atoms with Gasteiger partial charge in [0.25, 0.3) is 0 Å². The van der Waals surface area contributed by atoms with Crippen molar-refractivity contribution in [1.29, 1.82) is 0 Å². The zero-order valence-corrected chi connectivity index (χ0v) is 11.1. The van der Waals surface area contributed by atoms with Crippen molar-refractivity contribution in [1.82, 2.24) is 10.3 Å². The number of carbonyl (C=O) groups is 2. The lowest BCUT2D eigenvalue weighted by Gasteiger charge is -2.34. The maximum absolute atomic E-state index is 11.7. The van der Waals surface area contributed by atoms with E-state index in [1.807, 2.05) is 11.8 Å². The molecule has 1 fully saturated rings. The number of aromatic nitrogens is 1. The number of hydrogen-bond acceptors (Lipinski definition) is 5. The third kappa shape index (κ3) is 2.17. The van der Waals surface area contributed by atoms with E-state index < -0.39 is 5.97 Å². The summed E-state index contributed by atoms with van der Waals surface area (Å²) in [5.74, 6) is -0.987. The van der Waals surface area contributed by atoms with E-state index in [-0.39, 0.29) is 16.8 Å². The van der Waals surface area contributed by atoms with Crippen molar-refractivity contribution in [3.8, 4) is 0 Å². The standard InChI is InChI=1S/C11H15N3O3S/c1-3-7-9(15)12-4-5-14(7)11-13-6(2)8(18-11)10(16)17/h7H,3-5H2,1-2H3,(H,12,15)(H,16,17). The van der Waals surface area contributed by atoms with Crippen molar-refractivity contribution in [2.24, 2.45) is 0 Å². The maximum Gasteiger partial charge on any atom is 0.347 e. The van der Waals surface area contributed by atoms with Gasteiger partial charge in [-0.25, -0.2) is 9.78 Å². The van der Waals surface area contributed by atoms with E-state index in [1.54, 1.807) is 6.92 Å². The fourth-order valence-corrected chi connectivity index (χ4v) is 3.03. The zero-order valence-electron chi connectivity index (χ0n) is 10.3. The molecule has 1 aliphatic heterocycles. The van der Waals surface area contributed by atoms with Crippen molar-refractivity contribution in [2.75, 3.05) is 18.0 Å². The molecule has 18 heavy (non-hydrogen) atoms. The minimum atomic E-state index is -0.967. The third-order valence-electron chi connectivity index (χ3n) is 2.94. The third-order valence-corrected chi connectivity index (χ3v) is 4.13. The van der Waals surface area contributed by atoms with Gasteiger partial charge < -0.3 is 15.3 Å². The zero-order chi connectivity index (χ0) is 13.3. The molecule has 1 amide bonds. The lowest BCUT2D eigenvalue weighted by Crippen LogP contribution is -2.55. The van der Waals surface area contributed by atoms with E-state index in [1.165, 1.54) is 0 Å². The number of nitrogens with one attached hydrogen (secondary N) is 1. The highest BCUT2D eigenvalue weighted by Crippen LogP contribution is 2.28. The Labute approximate surface area is 109 Å². The normalized spacial score (nSPS) is 19.8. The molecule has 7 heteroatoms. The van der Waals surface area contributed by atoms with Crippen molar-refractivity contribution in [3.63, 3.8) is 0 Å². The van der Waals surface area contributed by atoms with Crippen LogP contribution in [0.15, 0.2) is 0 Å². The van der Waals surface area contributed by atoms with Crippen molar-refractivity contribution in [2.45, 2.75) is 26.3 Å². The number of anilines is 1. The van der Waals surface area contributed by atoms with Crippen molar-refractivity contribution in [3.05, 3.63) is 10.6 Å². The molecule has 0 radical (unpaired) electrons. The molecule has 1 aromatic rings. The second-order valence-electron chi connectivity index (χ2n) is 4.12. The first-order valence-electron chi connectivity index (χ1n) is 5.79. The maximum atomic E-state index is 11.7. The summed E-state index contributed by atoms with van der Waals surface area (Å²) in [6.07, 6.45) is 0.673. The molecule has 1 atom stereocenters. The molecule has 1 aliphatic rings. The smallest absolute Gasteiger partial charge is 0.347 e. The van der Waals surface area contributed by atoms with Crippen LogP contribution in [0.2, 0.25) is 0 Å². The van der Waals surface area contributed by atoms with Gasteiger partial charge in [-0.05, 0) is 13.3 Å². The Balaban J connectivity index is 2.32. The summed E-state index contributed by atoms with van der Waals surface area (Å²) >= 11 is 1.13. The number of aryl methyl sites for hydroxylation is 1. The summed E-state index contributed by atoms with van der Waals surface area (Å²) in [7, 11) is 0. The minimum absolute atomic E-state index is 0.0199. The molecule has 2 N–H and O–H groups in total. The Hall–Kier alpha value is -1.63. The Morgan fingerprint density at radius 2 is 2.39 bits per heavy atom. The van der Waals surface area contributed by atoms with Crippen LogP contribution in [0, 0.1) is 6.92 Å². The second kappa shape index (κ2) is 4.93. The highest BCUT2D eigenvalue weighted by molar-refractivity contribution is 7.17. The quantitative estimate of drug-likeness (QED) is 0.850. The van der Waals surface area contributed by atoms with Crippen LogP contribution in [0.25, 0.3) is 0 Å². The molecule has 2 heterocycles. The summed E-state index contributed by atoms with van der Waals surface area (Å²) in [5.41, 5.74) is 0.503. The van der Waals surface area contributed by atoms with Crippen molar-refractivity contribution >= 4 is 28.3 Å². The van der Waals surface area contributed by atoms with E-state index >= 15 is 0 Å². The van der Waals surface area contributed by atoms with Crippen LogP contribution in [0.3, 0.4) is 0 Å². The molecule has 98 valence electrons. The van der Waals surface area contributed by atoms with Crippen LogP contribution in [0.5, 0.6) is 0 Å². The highest BCUT2D eigenvalue weighted by Gasteiger charge is 2.31. The summed E-state index contributed by atoms with van der Waals surface area (Å²) in [6.45, 7) is 4.84.